The van der Waals surface area contributed by atoms with Crippen LogP contribution in [0.4, 0.5) is 0 Å². The van der Waals surface area contributed by atoms with Crippen molar-refractivity contribution in [2.45, 2.75) is 37.6 Å². The molecule has 1 saturated heterocycles. The number of phenols is 3. The Morgan fingerprint density at radius 1 is 0.909 bits per heavy atom. The fourth-order valence-electron chi connectivity index (χ4n) is 3.61. The fraction of sp³-hybridized carbons (Fsp3) is 0.318. The number of aliphatic hydroxyl groups excluding tert-OH is 3. The van der Waals surface area contributed by atoms with Crippen molar-refractivity contribution in [1.82, 2.24) is 0 Å². The van der Waals surface area contributed by atoms with Crippen molar-refractivity contribution < 1.29 is 49.3 Å². The van der Waals surface area contributed by atoms with Crippen LogP contribution in [0.3, 0.4) is 0 Å². The van der Waals surface area contributed by atoms with Crippen LogP contribution in [0.2, 0.25) is 0 Å². The minimum atomic E-state index is -1.59. The largest absolute Gasteiger partial charge is 0.507 e. The van der Waals surface area contributed by atoms with Crippen molar-refractivity contribution in [3.8, 4) is 40.1 Å². The highest BCUT2D eigenvalue weighted by Gasteiger charge is 2.43. The van der Waals surface area contributed by atoms with Gasteiger partial charge in [-0.3, -0.25) is 4.79 Å². The van der Waals surface area contributed by atoms with E-state index in [1.54, 1.807) is 0 Å². The van der Waals surface area contributed by atoms with Gasteiger partial charge in [0.05, 0.1) is 13.2 Å². The molecular weight excluding hydrogens is 440 g/mol. The van der Waals surface area contributed by atoms with Gasteiger partial charge in [-0.05, 0) is 25.1 Å². The second kappa shape index (κ2) is 8.45. The van der Waals surface area contributed by atoms with Crippen LogP contribution in [-0.2, 0) is 4.74 Å². The maximum Gasteiger partial charge on any atom is 0.239 e. The number of methoxy groups -OCH3 is 1. The third-order valence-electron chi connectivity index (χ3n) is 5.41. The van der Waals surface area contributed by atoms with Crippen molar-refractivity contribution in [2.75, 3.05) is 7.11 Å². The molecule has 1 aliphatic heterocycles. The Morgan fingerprint density at radius 3 is 2.30 bits per heavy atom. The summed E-state index contributed by atoms with van der Waals surface area (Å²) in [4.78, 5) is 13.0. The first kappa shape index (κ1) is 22.7. The molecule has 2 heterocycles. The summed E-state index contributed by atoms with van der Waals surface area (Å²) >= 11 is 0. The van der Waals surface area contributed by atoms with Gasteiger partial charge in [0.1, 0.15) is 40.8 Å². The highest BCUT2D eigenvalue weighted by atomic mass is 16.7. The first-order valence-corrected chi connectivity index (χ1v) is 9.88. The molecule has 5 atom stereocenters. The predicted octanol–water partition coefficient (Wildman–Crippen LogP) is 0.792. The van der Waals surface area contributed by atoms with Gasteiger partial charge in [0.2, 0.25) is 17.5 Å². The monoisotopic (exact) mass is 462 g/mol. The number of aromatic hydroxyl groups is 3. The number of ether oxygens (including phenoxy) is 3. The lowest BCUT2D eigenvalue weighted by Crippen LogP contribution is -2.58. The average molecular weight is 462 g/mol. The molecule has 3 aromatic rings. The van der Waals surface area contributed by atoms with Gasteiger partial charge in [-0.1, -0.05) is 0 Å². The summed E-state index contributed by atoms with van der Waals surface area (Å²) in [6.45, 7) is 1.48. The van der Waals surface area contributed by atoms with E-state index in [0.717, 1.165) is 6.07 Å². The molecule has 11 heteroatoms. The molecule has 11 nitrogen and oxygen atoms in total. The summed E-state index contributed by atoms with van der Waals surface area (Å²) < 4.78 is 21.9. The Balaban J connectivity index is 1.80. The van der Waals surface area contributed by atoms with Crippen LogP contribution in [-0.4, -0.2) is 68.5 Å². The Hall–Kier alpha value is -3.51. The van der Waals surface area contributed by atoms with Crippen molar-refractivity contribution in [3.63, 3.8) is 0 Å². The van der Waals surface area contributed by atoms with E-state index in [9.17, 15) is 35.4 Å². The Morgan fingerprint density at radius 2 is 1.64 bits per heavy atom. The fourth-order valence-corrected chi connectivity index (χ4v) is 3.61. The lowest BCUT2D eigenvalue weighted by Gasteiger charge is -2.38. The van der Waals surface area contributed by atoms with Crippen LogP contribution in [0.1, 0.15) is 6.92 Å². The van der Waals surface area contributed by atoms with Gasteiger partial charge < -0.3 is 49.3 Å². The predicted molar refractivity (Wildman–Crippen MR) is 112 cm³/mol. The molecule has 1 aliphatic rings. The van der Waals surface area contributed by atoms with Gasteiger partial charge in [0, 0.05) is 17.7 Å². The summed E-state index contributed by atoms with van der Waals surface area (Å²) in [6, 6.07) is 6.12. The first-order chi connectivity index (χ1) is 15.6. The van der Waals surface area contributed by atoms with Crippen LogP contribution >= 0.6 is 0 Å². The van der Waals surface area contributed by atoms with E-state index < -0.39 is 47.6 Å². The minimum Gasteiger partial charge on any atom is -0.507 e. The second-order valence-corrected chi connectivity index (χ2v) is 7.61. The molecule has 1 aromatic heterocycles. The normalized spacial score (nSPS) is 25.2. The van der Waals surface area contributed by atoms with E-state index in [2.05, 4.69) is 0 Å². The standard InChI is InChI=1S/C22H22O11/c1-8-16(26)18(28)19(29)22(31-8)32-10-6-13(25)15-14(7-10)33-20(21(30-2)17(15)27)9-3-4-11(23)12(24)5-9/h3-8,16,18-19,22-26,28-29H,1-2H3/t8-,16-,18+,19+,22-/m0/s1. The highest BCUT2D eigenvalue weighted by molar-refractivity contribution is 5.88. The van der Waals surface area contributed by atoms with Gasteiger partial charge in [-0.25, -0.2) is 0 Å². The summed E-state index contributed by atoms with van der Waals surface area (Å²) in [5.74, 6) is -1.71. The van der Waals surface area contributed by atoms with E-state index in [-0.39, 0.29) is 39.5 Å². The molecule has 0 aliphatic carbocycles. The molecule has 0 saturated carbocycles. The molecular formula is C22H22O11. The molecule has 4 rings (SSSR count). The van der Waals surface area contributed by atoms with E-state index in [1.165, 1.54) is 38.3 Å². The van der Waals surface area contributed by atoms with Crippen molar-refractivity contribution in [2.24, 2.45) is 0 Å². The summed E-state index contributed by atoms with van der Waals surface area (Å²) in [5, 5.41) is 59.6. The van der Waals surface area contributed by atoms with Crippen LogP contribution in [0, 0.1) is 0 Å². The zero-order chi connectivity index (χ0) is 24.0. The molecule has 33 heavy (non-hydrogen) atoms. The second-order valence-electron chi connectivity index (χ2n) is 7.61. The average Bonchev–Trinajstić information content (AvgIpc) is 2.77. The lowest BCUT2D eigenvalue weighted by atomic mass is 10.00. The van der Waals surface area contributed by atoms with Gasteiger partial charge in [0.15, 0.2) is 17.3 Å². The molecule has 1 fully saturated rings. The third-order valence-corrected chi connectivity index (χ3v) is 5.41. The maximum absolute atomic E-state index is 13.0. The molecule has 6 N–H and O–H groups in total. The first-order valence-electron chi connectivity index (χ1n) is 9.88. The van der Waals surface area contributed by atoms with E-state index in [0.29, 0.717) is 0 Å². The van der Waals surface area contributed by atoms with Crippen molar-refractivity contribution >= 4 is 11.0 Å². The molecule has 0 bridgehead atoms. The summed E-state index contributed by atoms with van der Waals surface area (Å²) in [7, 11) is 1.24. The molecule has 2 aromatic carbocycles. The Bertz CT molecular complexity index is 1250. The molecule has 0 radical (unpaired) electrons. The van der Waals surface area contributed by atoms with Gasteiger partial charge >= 0.3 is 0 Å². The summed E-state index contributed by atoms with van der Waals surface area (Å²) in [5.41, 5.74) is -0.604. The minimum absolute atomic E-state index is 0.0624. The number of hydrogen-bond acceptors (Lipinski definition) is 11. The third kappa shape index (κ3) is 3.91. The van der Waals surface area contributed by atoms with Gasteiger partial charge in [0.25, 0.3) is 0 Å². The summed E-state index contributed by atoms with van der Waals surface area (Å²) in [6.07, 6.45) is -6.66. The number of rotatable bonds is 4. The molecule has 0 spiro atoms. The number of benzene rings is 2. The zero-order valence-corrected chi connectivity index (χ0v) is 17.5. The van der Waals surface area contributed by atoms with Crippen LogP contribution in [0.25, 0.3) is 22.3 Å². The van der Waals surface area contributed by atoms with Crippen molar-refractivity contribution in [1.29, 1.82) is 0 Å². The van der Waals surface area contributed by atoms with Crippen LogP contribution < -0.4 is 14.9 Å². The smallest absolute Gasteiger partial charge is 0.239 e. The maximum atomic E-state index is 13.0. The molecule has 0 unspecified atom stereocenters. The number of fused-ring (bicyclic) bond motifs is 1. The van der Waals surface area contributed by atoms with E-state index in [1.807, 2.05) is 0 Å². The van der Waals surface area contributed by atoms with Gasteiger partial charge in [-0.2, -0.15) is 0 Å². The Labute approximate surface area is 186 Å². The number of phenolic OH excluding ortho intramolecular Hbond substituents is 3. The number of aliphatic hydroxyl groups is 3. The van der Waals surface area contributed by atoms with Gasteiger partial charge in [-0.15, -0.1) is 0 Å². The molecule has 176 valence electrons. The Kier molecular flexibility index (Phi) is 5.80. The number of hydrogen-bond donors (Lipinski definition) is 6. The van der Waals surface area contributed by atoms with Crippen LogP contribution in [0.5, 0.6) is 28.7 Å². The highest BCUT2D eigenvalue weighted by Crippen LogP contribution is 2.38. The SMILES string of the molecule is COc1c(-c2ccc(O)c(O)c2)oc2cc(O[C@@H]3O[C@@H](C)[C@H](O)[C@@H](O)[C@H]3O)cc(O)c2c1=O. The van der Waals surface area contributed by atoms with Crippen molar-refractivity contribution in [3.05, 3.63) is 40.6 Å². The molecule has 0 amide bonds. The van der Waals surface area contributed by atoms with E-state index >= 15 is 0 Å². The van der Waals surface area contributed by atoms with Crippen LogP contribution in [0.15, 0.2) is 39.5 Å². The zero-order valence-electron chi connectivity index (χ0n) is 17.5. The van der Waals surface area contributed by atoms with E-state index in [4.69, 9.17) is 18.6 Å². The lowest BCUT2D eigenvalue weighted by molar-refractivity contribution is -0.268. The topological polar surface area (TPSA) is 179 Å². The quantitative estimate of drug-likeness (QED) is 0.302.